The minimum Gasteiger partial charge on any atom is -0.870 e. The van der Waals surface area contributed by atoms with Crippen molar-refractivity contribution in [3.8, 4) is 22.5 Å². The van der Waals surface area contributed by atoms with Crippen LogP contribution in [0.4, 0.5) is 11.6 Å². The normalized spacial score (nSPS) is 13.9. The summed E-state index contributed by atoms with van der Waals surface area (Å²) in [5.74, 6) is 0.449. The van der Waals surface area contributed by atoms with Crippen molar-refractivity contribution in [2.45, 2.75) is 51.4 Å². The minimum absolute atomic E-state index is 0. The molecular weight excluding hydrogens is 732 g/mol. The molecule has 6 aromatic rings. The van der Waals surface area contributed by atoms with Gasteiger partial charge in [-0.3, -0.25) is 0 Å². The number of rotatable bonds is 6. The molecule has 2 saturated heterocycles. The van der Waals surface area contributed by atoms with Crippen LogP contribution < -0.4 is 39.4 Å². The van der Waals surface area contributed by atoms with E-state index in [-0.39, 0.29) is 46.6 Å². The Morgan fingerprint density at radius 1 is 0.544 bits per heavy atom. The smallest absolute Gasteiger partial charge is 0.870 e. The van der Waals surface area contributed by atoms with Crippen LogP contribution in [0, 0.1) is 0 Å². The second kappa shape index (κ2) is 22.1. The van der Waals surface area contributed by atoms with Crippen molar-refractivity contribution in [1.82, 2.24) is 19.9 Å². The molecule has 0 spiro atoms. The van der Waals surface area contributed by atoms with Crippen LogP contribution in [0.2, 0.25) is 0 Å². The molecule has 2 aliphatic rings. The third kappa shape index (κ3) is 11.1. The summed E-state index contributed by atoms with van der Waals surface area (Å²) < 4.78 is 4.84. The Labute approximate surface area is 355 Å². The van der Waals surface area contributed by atoms with E-state index in [0.29, 0.717) is 16.6 Å². The van der Waals surface area contributed by atoms with Gasteiger partial charge in [-0.2, -0.15) is 0 Å². The number of aliphatic hydroxyl groups excluding tert-OH is 1. The Hall–Kier alpha value is -4.98. The number of methoxy groups -OCH3 is 1. The molecule has 0 saturated carbocycles. The molecule has 0 aliphatic carbocycles. The number of aliphatic hydroxyl groups is 1. The number of aromatic nitrogens is 4. The van der Waals surface area contributed by atoms with Crippen LogP contribution in [0.15, 0.2) is 97.1 Å². The van der Waals surface area contributed by atoms with Crippen LogP contribution in [0.5, 0.6) is 0 Å². The van der Waals surface area contributed by atoms with Crippen molar-refractivity contribution in [2.75, 3.05) is 50.2 Å². The molecule has 3 N–H and O–H groups in total. The van der Waals surface area contributed by atoms with E-state index in [4.69, 9.17) is 29.8 Å². The molecule has 0 amide bonds. The molecule has 2 fully saturated rings. The van der Waals surface area contributed by atoms with Crippen LogP contribution in [0.3, 0.4) is 0 Å². The van der Waals surface area contributed by atoms with Gasteiger partial charge < -0.3 is 30.2 Å². The fourth-order valence-corrected chi connectivity index (χ4v) is 7.05. The molecular formula is C44H49N6NaO6. The number of hydrogen-bond donors (Lipinski definition) is 2. The number of nitrogens with zero attached hydrogens (tertiary/aromatic N) is 6. The molecule has 12 nitrogen and oxygen atoms in total. The number of fused-ring (bicyclic) bond motifs is 2. The molecule has 4 heterocycles. The molecule has 2 aliphatic heterocycles. The molecule has 0 unspecified atom stereocenters. The van der Waals surface area contributed by atoms with E-state index in [2.05, 4.69) is 21.9 Å². The second-order valence-electron chi connectivity index (χ2n) is 13.5. The summed E-state index contributed by atoms with van der Waals surface area (Å²) in [5.41, 5.74) is 7.42. The number of benzene rings is 4. The van der Waals surface area contributed by atoms with Crippen LogP contribution in [0.25, 0.3) is 44.6 Å². The summed E-state index contributed by atoms with van der Waals surface area (Å²) >= 11 is 0. The number of esters is 1. The van der Waals surface area contributed by atoms with Gasteiger partial charge in [0.25, 0.3) is 0 Å². The molecule has 57 heavy (non-hydrogen) atoms. The van der Waals surface area contributed by atoms with E-state index in [0.717, 1.165) is 104 Å². The number of carbonyl (C=O) groups excluding carboxylic acids is 1. The van der Waals surface area contributed by atoms with Gasteiger partial charge in [0.05, 0.1) is 40.3 Å². The van der Waals surface area contributed by atoms with Crippen LogP contribution in [0.1, 0.15) is 72.1 Å². The third-order valence-corrected chi connectivity index (χ3v) is 9.87. The fraction of sp³-hybridized carbons (Fsp3) is 0.318. The summed E-state index contributed by atoms with van der Waals surface area (Å²) in [5, 5.41) is 16.3. The van der Waals surface area contributed by atoms with Crippen molar-refractivity contribution in [3.63, 3.8) is 0 Å². The Kier molecular flexibility index (Phi) is 17.3. The molecule has 4 aromatic carbocycles. The number of anilines is 2. The van der Waals surface area contributed by atoms with E-state index in [1.54, 1.807) is 30.3 Å². The van der Waals surface area contributed by atoms with Crippen LogP contribution in [-0.2, 0) is 4.74 Å². The first-order chi connectivity index (χ1) is 27.0. The zero-order chi connectivity index (χ0) is 38.6. The molecule has 2 aromatic heterocycles. The van der Waals surface area contributed by atoms with Gasteiger partial charge in [0.1, 0.15) is 11.4 Å². The zero-order valence-corrected chi connectivity index (χ0v) is 35.0. The number of hydrogen-bond acceptors (Lipinski definition) is 11. The van der Waals surface area contributed by atoms with Gasteiger partial charge in [0.15, 0.2) is 11.6 Å². The maximum atomic E-state index is 11.9. The standard InChI is InChI=1S/C22H23N3O2.C21H21N3O2.CH4O.Na.H2O/c1-27-22(26)17-11-12-18-19(15-17)24-21(25-13-7-2-3-8-14-25)20(23-18)16-9-5-4-6-10-16;25-21(26)16-10-11-17-18(14-16)23-20(24-12-6-1-2-7-13-24)19(22-17)15-8-4-3-5-9-15;1-2;;/h4-6,9-12,15H,2-3,7-8,13-14H2,1H3;3-5,8-11,14H,1-2,6-7,12-13H2,(H,25,26);2H,1H3;;1H2/q;;;+1;/p-1. The van der Waals surface area contributed by atoms with Crippen LogP contribution in [-0.4, -0.2) is 88.0 Å². The average molecular weight is 781 g/mol. The predicted octanol–water partition coefficient (Wildman–Crippen LogP) is 5.27. The summed E-state index contributed by atoms with van der Waals surface area (Å²) in [4.78, 5) is 47.4. The van der Waals surface area contributed by atoms with Crippen LogP contribution >= 0.6 is 0 Å². The maximum Gasteiger partial charge on any atom is 1.00 e. The van der Waals surface area contributed by atoms with E-state index < -0.39 is 5.97 Å². The van der Waals surface area contributed by atoms with E-state index in [1.165, 1.54) is 32.8 Å². The fourth-order valence-electron chi connectivity index (χ4n) is 7.05. The number of carboxylic acids is 1. The summed E-state index contributed by atoms with van der Waals surface area (Å²) in [6, 6.07) is 30.6. The first kappa shape index (κ1) is 44.7. The first-order valence-corrected chi connectivity index (χ1v) is 19.0. The Morgan fingerprint density at radius 3 is 1.32 bits per heavy atom. The number of ether oxygens (including phenoxy) is 1. The molecule has 0 radical (unpaired) electrons. The van der Waals surface area contributed by atoms with Gasteiger partial charge in [0, 0.05) is 44.4 Å². The largest absolute Gasteiger partial charge is 1.00 e. The number of aromatic carboxylic acids is 1. The quantitative estimate of drug-likeness (QED) is 0.166. The molecule has 13 heteroatoms. The van der Waals surface area contributed by atoms with Crippen molar-refractivity contribution < 1.29 is 59.6 Å². The summed E-state index contributed by atoms with van der Waals surface area (Å²) in [7, 11) is 2.39. The van der Waals surface area contributed by atoms with Gasteiger partial charge in [-0.05, 0) is 62.1 Å². The summed E-state index contributed by atoms with van der Waals surface area (Å²) in [6.07, 6.45) is 9.59. The van der Waals surface area contributed by atoms with Gasteiger partial charge in [-0.15, -0.1) is 0 Å². The van der Waals surface area contributed by atoms with Gasteiger partial charge in [-0.25, -0.2) is 29.5 Å². The second-order valence-corrected chi connectivity index (χ2v) is 13.5. The third-order valence-electron chi connectivity index (χ3n) is 9.87. The van der Waals surface area contributed by atoms with Crippen molar-refractivity contribution >= 4 is 45.6 Å². The Balaban J connectivity index is 0.000000234. The van der Waals surface area contributed by atoms with Crippen molar-refractivity contribution in [1.29, 1.82) is 0 Å². The van der Waals surface area contributed by atoms with Gasteiger partial charge in [0.2, 0.25) is 0 Å². The molecule has 0 bridgehead atoms. The number of carboxylic acid groups (broad SMARTS) is 1. The predicted molar refractivity (Wildman–Crippen MR) is 220 cm³/mol. The molecule has 0 atom stereocenters. The maximum absolute atomic E-state index is 11.9. The zero-order valence-electron chi connectivity index (χ0n) is 33.0. The number of carbonyl (C=O) groups is 2. The summed E-state index contributed by atoms with van der Waals surface area (Å²) in [6.45, 7) is 3.88. The van der Waals surface area contributed by atoms with Crippen molar-refractivity contribution in [2.24, 2.45) is 0 Å². The Morgan fingerprint density at radius 2 is 0.930 bits per heavy atom. The monoisotopic (exact) mass is 780 g/mol. The first-order valence-electron chi connectivity index (χ1n) is 19.0. The van der Waals surface area contributed by atoms with E-state index in [9.17, 15) is 14.7 Å². The molecule has 292 valence electrons. The Bertz CT molecular complexity index is 2210. The van der Waals surface area contributed by atoms with Crippen molar-refractivity contribution in [3.05, 3.63) is 108 Å². The van der Waals surface area contributed by atoms with E-state index >= 15 is 0 Å². The topological polar surface area (TPSA) is 172 Å². The minimum atomic E-state index is -0.947. The molecule has 8 rings (SSSR count). The van der Waals surface area contributed by atoms with Gasteiger partial charge in [-0.1, -0.05) is 86.3 Å². The average Bonchev–Trinajstić information content (AvgIpc) is 3.70. The SMILES string of the molecule is CO.COC(=O)c1ccc2nc(-c3ccccc3)c(N3CCCCCC3)nc2c1.O=C(O)c1ccc2nc(-c3ccccc3)c(N3CCCCCC3)nc2c1.[Na+].[OH-]. The van der Waals surface area contributed by atoms with Gasteiger partial charge >= 0.3 is 41.5 Å². The van der Waals surface area contributed by atoms with E-state index in [1.807, 2.05) is 54.6 Å².